The molecule has 1 N–H and O–H groups in total. The number of phenolic OH excluding ortho intramolecular Hbond substituents is 1. The van der Waals surface area contributed by atoms with Gasteiger partial charge in [-0.3, -0.25) is 39.9 Å². The first-order chi connectivity index (χ1) is 24.5. The van der Waals surface area contributed by atoms with Crippen molar-refractivity contribution >= 4 is 17.1 Å². The molecule has 0 aliphatic carbocycles. The Morgan fingerprint density at radius 1 is 0.540 bits per heavy atom. The molecule has 0 unspecified atom stereocenters. The lowest BCUT2D eigenvalue weighted by Crippen LogP contribution is -2.27. The Morgan fingerprint density at radius 2 is 0.980 bits per heavy atom. The number of azo groups is 1. The van der Waals surface area contributed by atoms with Crippen LogP contribution in [0.3, 0.4) is 0 Å². The number of pyridine rings is 4. The van der Waals surface area contributed by atoms with Crippen LogP contribution in [0.1, 0.15) is 33.9 Å². The van der Waals surface area contributed by atoms with Crippen molar-refractivity contribution in [3.05, 3.63) is 178 Å². The number of hydrogen-bond donors (Lipinski definition) is 1. The summed E-state index contributed by atoms with van der Waals surface area (Å²) in [6.07, 6.45) is 7.07. The number of benzene rings is 2. The summed E-state index contributed by atoms with van der Waals surface area (Å²) in [5.74, 6) is 0.122. The van der Waals surface area contributed by atoms with Crippen LogP contribution in [0.5, 0.6) is 5.75 Å². The molecule has 4 aromatic heterocycles. The van der Waals surface area contributed by atoms with E-state index in [2.05, 4.69) is 40.0 Å². The van der Waals surface area contributed by atoms with Crippen LogP contribution >= 0.6 is 0 Å². The van der Waals surface area contributed by atoms with Crippen molar-refractivity contribution in [1.29, 1.82) is 0 Å². The SMILES string of the molecule is O=[N+]([O-])c1ccc(/N=N/c2ccc(O)c(CN(Cc3ccccn3)Cc3ccccn3)c2CN(Cc2ccccn2)Cc2ccccn2)cc1. The molecule has 0 spiro atoms. The molecule has 0 aliphatic rings. The van der Waals surface area contributed by atoms with Gasteiger partial charge in [0.05, 0.1) is 39.1 Å². The number of rotatable bonds is 15. The van der Waals surface area contributed by atoms with Gasteiger partial charge >= 0.3 is 0 Å². The average Bonchev–Trinajstić information content (AvgIpc) is 3.14. The molecule has 0 amide bonds. The third-order valence-electron chi connectivity index (χ3n) is 7.93. The summed E-state index contributed by atoms with van der Waals surface area (Å²) in [7, 11) is 0. The van der Waals surface area contributed by atoms with Crippen LogP contribution in [0.4, 0.5) is 17.1 Å². The van der Waals surface area contributed by atoms with E-state index in [0.29, 0.717) is 56.2 Å². The highest BCUT2D eigenvalue weighted by Gasteiger charge is 2.21. The lowest BCUT2D eigenvalue weighted by Gasteiger charge is -2.27. The Hall–Kier alpha value is -6.24. The van der Waals surface area contributed by atoms with E-state index in [1.165, 1.54) is 12.1 Å². The lowest BCUT2D eigenvalue weighted by molar-refractivity contribution is -0.384. The summed E-state index contributed by atoms with van der Waals surface area (Å²) >= 11 is 0. The van der Waals surface area contributed by atoms with Crippen molar-refractivity contribution in [2.24, 2.45) is 10.2 Å². The third kappa shape index (κ3) is 9.43. The van der Waals surface area contributed by atoms with Crippen molar-refractivity contribution in [3.8, 4) is 5.75 Å². The van der Waals surface area contributed by atoms with Crippen LogP contribution in [0.25, 0.3) is 0 Å². The van der Waals surface area contributed by atoms with E-state index in [-0.39, 0.29) is 11.4 Å². The fourth-order valence-corrected chi connectivity index (χ4v) is 5.53. The summed E-state index contributed by atoms with van der Waals surface area (Å²) in [4.78, 5) is 33.4. The van der Waals surface area contributed by atoms with E-state index < -0.39 is 4.92 Å². The lowest BCUT2D eigenvalue weighted by atomic mass is 10.0. The molecule has 0 aliphatic heterocycles. The Bertz CT molecular complexity index is 1920. The van der Waals surface area contributed by atoms with Crippen molar-refractivity contribution in [1.82, 2.24) is 29.7 Å². The van der Waals surface area contributed by atoms with Gasteiger partial charge < -0.3 is 5.11 Å². The van der Waals surface area contributed by atoms with E-state index in [1.807, 2.05) is 72.8 Å². The monoisotopic (exact) mass is 665 g/mol. The third-order valence-corrected chi connectivity index (χ3v) is 7.93. The minimum atomic E-state index is -0.454. The molecule has 0 saturated carbocycles. The molecule has 4 heterocycles. The Balaban J connectivity index is 1.41. The van der Waals surface area contributed by atoms with Gasteiger partial charge in [0.15, 0.2) is 0 Å². The number of nitrogens with zero attached hydrogens (tertiary/aromatic N) is 9. The van der Waals surface area contributed by atoms with Gasteiger partial charge in [0.2, 0.25) is 0 Å². The minimum Gasteiger partial charge on any atom is -0.508 e. The van der Waals surface area contributed by atoms with E-state index in [9.17, 15) is 15.2 Å². The van der Waals surface area contributed by atoms with E-state index in [0.717, 1.165) is 28.3 Å². The first-order valence-corrected chi connectivity index (χ1v) is 16.0. The molecule has 0 fully saturated rings. The highest BCUT2D eigenvalue weighted by Crippen LogP contribution is 2.35. The van der Waals surface area contributed by atoms with Crippen LogP contribution in [-0.2, 0) is 39.3 Å². The number of aromatic nitrogens is 4. The first kappa shape index (κ1) is 33.7. The molecule has 2 aromatic carbocycles. The second kappa shape index (κ2) is 16.7. The summed E-state index contributed by atoms with van der Waals surface area (Å²) in [5.41, 5.74) is 5.96. The molecule has 6 rings (SSSR count). The maximum absolute atomic E-state index is 11.5. The van der Waals surface area contributed by atoms with Crippen LogP contribution in [0.2, 0.25) is 0 Å². The molecule has 0 atom stereocenters. The van der Waals surface area contributed by atoms with Crippen LogP contribution in [0, 0.1) is 10.1 Å². The maximum atomic E-state index is 11.5. The van der Waals surface area contributed by atoms with E-state index in [4.69, 9.17) is 0 Å². The smallest absolute Gasteiger partial charge is 0.269 e. The summed E-state index contributed by atoms with van der Waals surface area (Å²) < 4.78 is 0. The molecule has 0 saturated heterocycles. The van der Waals surface area contributed by atoms with Gasteiger partial charge in [0, 0.05) is 87.3 Å². The van der Waals surface area contributed by atoms with Gasteiger partial charge in [0.1, 0.15) is 5.75 Å². The van der Waals surface area contributed by atoms with Crippen LogP contribution in [0.15, 0.2) is 144 Å². The minimum absolute atomic E-state index is 0.0304. The van der Waals surface area contributed by atoms with E-state index >= 15 is 0 Å². The predicted molar refractivity (Wildman–Crippen MR) is 188 cm³/mol. The van der Waals surface area contributed by atoms with Gasteiger partial charge in [0.25, 0.3) is 5.69 Å². The molecular formula is C38H35N9O3. The van der Waals surface area contributed by atoms with Gasteiger partial charge in [-0.05, 0) is 72.8 Å². The standard InChI is InChI=1S/C38H35N9O3/c48-38-18-17-37(44-43-29-13-15-34(16-14-29)47(49)50)35(27-45(23-30-9-1-5-19-39-30)24-31-10-2-6-20-40-31)36(38)28-46(25-32-11-3-7-21-41-32)26-33-12-4-8-22-42-33/h1-22,48H,23-28H2/b44-43+. The summed E-state index contributed by atoms with van der Waals surface area (Å²) in [6.45, 7) is 2.78. The van der Waals surface area contributed by atoms with Gasteiger partial charge in [-0.15, -0.1) is 0 Å². The summed E-state index contributed by atoms with van der Waals surface area (Å²) in [6, 6.07) is 32.5. The number of hydrogen-bond acceptors (Lipinski definition) is 11. The second-order valence-electron chi connectivity index (χ2n) is 11.6. The van der Waals surface area contributed by atoms with Crippen molar-refractivity contribution < 1.29 is 10.0 Å². The molecule has 0 radical (unpaired) electrons. The zero-order valence-corrected chi connectivity index (χ0v) is 27.2. The van der Waals surface area contributed by atoms with Crippen LogP contribution < -0.4 is 0 Å². The maximum Gasteiger partial charge on any atom is 0.269 e. The molecule has 50 heavy (non-hydrogen) atoms. The number of nitro groups is 1. The first-order valence-electron chi connectivity index (χ1n) is 16.0. The molecule has 12 heteroatoms. The fourth-order valence-electron chi connectivity index (χ4n) is 5.53. The van der Waals surface area contributed by atoms with Crippen molar-refractivity contribution in [2.45, 2.75) is 39.3 Å². The van der Waals surface area contributed by atoms with E-state index in [1.54, 1.807) is 49.1 Å². The van der Waals surface area contributed by atoms with Crippen LogP contribution in [-0.4, -0.2) is 39.8 Å². The largest absolute Gasteiger partial charge is 0.508 e. The normalized spacial score (nSPS) is 11.4. The quantitative estimate of drug-likeness (QED) is 0.0662. The molecule has 0 bridgehead atoms. The Labute approximate surface area is 289 Å². The molecule has 250 valence electrons. The Morgan fingerprint density at radius 3 is 1.38 bits per heavy atom. The topological polar surface area (TPSA) is 146 Å². The zero-order chi connectivity index (χ0) is 34.5. The van der Waals surface area contributed by atoms with Crippen molar-refractivity contribution in [2.75, 3.05) is 0 Å². The predicted octanol–water partition coefficient (Wildman–Crippen LogP) is 7.70. The molecule has 6 aromatic rings. The molecular weight excluding hydrogens is 630 g/mol. The van der Waals surface area contributed by atoms with Crippen molar-refractivity contribution in [3.63, 3.8) is 0 Å². The average molecular weight is 666 g/mol. The highest BCUT2D eigenvalue weighted by atomic mass is 16.6. The Kier molecular flexibility index (Phi) is 11.3. The number of non-ortho nitro benzene ring substituents is 1. The number of aromatic hydroxyl groups is 1. The van der Waals surface area contributed by atoms with Gasteiger partial charge in [-0.25, -0.2) is 0 Å². The zero-order valence-electron chi connectivity index (χ0n) is 27.2. The highest BCUT2D eigenvalue weighted by molar-refractivity contribution is 5.56. The number of nitro benzene ring substituents is 1. The van der Waals surface area contributed by atoms with Gasteiger partial charge in [-0.2, -0.15) is 10.2 Å². The second-order valence-corrected chi connectivity index (χ2v) is 11.6. The van der Waals surface area contributed by atoms with Gasteiger partial charge in [-0.1, -0.05) is 24.3 Å². The fraction of sp³-hybridized carbons (Fsp3) is 0.158. The number of phenols is 1. The summed E-state index contributed by atoms with van der Waals surface area (Å²) in [5, 5.41) is 31.8. The molecule has 12 nitrogen and oxygen atoms in total.